The number of rotatable bonds is 4. The maximum Gasteiger partial charge on any atom is 0.416 e. The molecule has 0 aromatic heterocycles. The van der Waals surface area contributed by atoms with Gasteiger partial charge < -0.3 is 14.8 Å². The van der Waals surface area contributed by atoms with E-state index in [1.54, 1.807) is 6.07 Å². The number of benzene rings is 1. The summed E-state index contributed by atoms with van der Waals surface area (Å²) in [6, 6.07) is 5.21. The zero-order valence-electron chi connectivity index (χ0n) is 12.9. The Hall–Kier alpha value is -1.27. The lowest BCUT2D eigenvalue weighted by Gasteiger charge is -2.34. The molecule has 0 saturated carbocycles. The van der Waals surface area contributed by atoms with Gasteiger partial charge in [0.15, 0.2) is 0 Å². The number of ether oxygens (including phenoxy) is 2. The second kappa shape index (κ2) is 7.09. The summed E-state index contributed by atoms with van der Waals surface area (Å²) in [4.78, 5) is 0. The number of halogens is 3. The Morgan fingerprint density at radius 2 is 1.91 bits per heavy atom. The largest absolute Gasteiger partial charge is 0.490 e. The standard InChI is InChI=1S/C17H22F3NO2/c18-17(19,20)14-2-1-3-15(10-14)23-16(13-4-7-21-11-13)12-5-8-22-9-6-12/h1-3,10,12-13,16,21H,4-9,11H2/t13-,16-/m1/s1. The zero-order valence-corrected chi connectivity index (χ0v) is 12.9. The molecule has 0 aliphatic carbocycles. The second-order valence-electron chi connectivity index (χ2n) is 6.31. The summed E-state index contributed by atoms with van der Waals surface area (Å²) in [7, 11) is 0. The highest BCUT2D eigenvalue weighted by Crippen LogP contribution is 2.34. The van der Waals surface area contributed by atoms with Crippen LogP contribution in [0.2, 0.25) is 0 Å². The lowest BCUT2D eigenvalue weighted by molar-refractivity contribution is -0.137. The molecule has 6 heteroatoms. The Bertz CT molecular complexity index is 509. The molecular weight excluding hydrogens is 307 g/mol. The molecule has 2 aliphatic heterocycles. The van der Waals surface area contributed by atoms with Crippen molar-refractivity contribution in [1.82, 2.24) is 5.32 Å². The van der Waals surface area contributed by atoms with Gasteiger partial charge in [0, 0.05) is 31.6 Å². The van der Waals surface area contributed by atoms with Gasteiger partial charge in [-0.25, -0.2) is 0 Å². The average molecular weight is 329 g/mol. The van der Waals surface area contributed by atoms with Crippen LogP contribution in [0, 0.1) is 11.8 Å². The highest BCUT2D eigenvalue weighted by Gasteiger charge is 2.35. The third-order valence-electron chi connectivity index (χ3n) is 4.73. The van der Waals surface area contributed by atoms with Crippen molar-refractivity contribution in [3.63, 3.8) is 0 Å². The van der Waals surface area contributed by atoms with Crippen molar-refractivity contribution in [2.24, 2.45) is 11.8 Å². The van der Waals surface area contributed by atoms with E-state index in [1.165, 1.54) is 6.07 Å². The molecule has 0 bridgehead atoms. The Balaban J connectivity index is 1.77. The summed E-state index contributed by atoms with van der Waals surface area (Å²) in [5.41, 5.74) is -0.662. The van der Waals surface area contributed by atoms with Crippen LogP contribution in [0.15, 0.2) is 24.3 Å². The number of nitrogens with one attached hydrogen (secondary N) is 1. The minimum Gasteiger partial charge on any atom is -0.490 e. The van der Waals surface area contributed by atoms with E-state index in [2.05, 4.69) is 5.32 Å². The van der Waals surface area contributed by atoms with Crippen molar-refractivity contribution in [2.45, 2.75) is 31.5 Å². The summed E-state index contributed by atoms with van der Waals surface area (Å²) < 4.78 is 50.1. The number of alkyl halides is 3. The SMILES string of the molecule is FC(F)(F)c1cccc(O[C@H](C2CCOCC2)[C@@H]2CCNC2)c1. The van der Waals surface area contributed by atoms with Crippen LogP contribution in [0.4, 0.5) is 13.2 Å². The quantitative estimate of drug-likeness (QED) is 0.917. The first-order valence-corrected chi connectivity index (χ1v) is 8.16. The lowest BCUT2D eigenvalue weighted by Crippen LogP contribution is -2.39. The lowest BCUT2D eigenvalue weighted by atomic mass is 9.85. The van der Waals surface area contributed by atoms with Gasteiger partial charge in [0.25, 0.3) is 0 Å². The molecule has 1 aromatic carbocycles. The van der Waals surface area contributed by atoms with E-state index in [4.69, 9.17) is 9.47 Å². The molecule has 3 nitrogen and oxygen atoms in total. The van der Waals surface area contributed by atoms with E-state index in [-0.39, 0.29) is 6.10 Å². The van der Waals surface area contributed by atoms with Crippen LogP contribution in [-0.4, -0.2) is 32.4 Å². The highest BCUT2D eigenvalue weighted by molar-refractivity contribution is 5.30. The molecule has 23 heavy (non-hydrogen) atoms. The smallest absolute Gasteiger partial charge is 0.416 e. The van der Waals surface area contributed by atoms with Gasteiger partial charge in [0.1, 0.15) is 11.9 Å². The van der Waals surface area contributed by atoms with Crippen molar-refractivity contribution in [3.8, 4) is 5.75 Å². The zero-order chi connectivity index (χ0) is 16.3. The molecule has 2 atom stereocenters. The first-order valence-electron chi connectivity index (χ1n) is 8.16. The molecule has 0 radical (unpaired) electrons. The predicted molar refractivity (Wildman–Crippen MR) is 80.4 cm³/mol. The topological polar surface area (TPSA) is 30.5 Å². The van der Waals surface area contributed by atoms with Gasteiger partial charge in [-0.05, 0) is 44.0 Å². The summed E-state index contributed by atoms with van der Waals surface area (Å²) in [5.74, 6) is 0.985. The molecule has 1 N–H and O–H groups in total. The summed E-state index contributed by atoms with van der Waals surface area (Å²) >= 11 is 0. The van der Waals surface area contributed by atoms with Crippen LogP contribution in [0.5, 0.6) is 5.75 Å². The van der Waals surface area contributed by atoms with Crippen LogP contribution < -0.4 is 10.1 Å². The maximum absolute atomic E-state index is 12.9. The summed E-state index contributed by atoms with van der Waals surface area (Å²) in [6.07, 6.45) is -1.60. The first kappa shape index (κ1) is 16.6. The molecule has 1 aromatic rings. The molecule has 0 amide bonds. The van der Waals surface area contributed by atoms with E-state index < -0.39 is 11.7 Å². The monoisotopic (exact) mass is 329 g/mol. The van der Waals surface area contributed by atoms with Crippen molar-refractivity contribution in [3.05, 3.63) is 29.8 Å². The normalized spacial score (nSPS) is 24.6. The Labute approximate surface area is 134 Å². The third kappa shape index (κ3) is 4.18. The van der Waals surface area contributed by atoms with Crippen LogP contribution in [-0.2, 0) is 10.9 Å². The van der Waals surface area contributed by atoms with Crippen LogP contribution in [0.1, 0.15) is 24.8 Å². The molecule has 2 fully saturated rings. The van der Waals surface area contributed by atoms with Gasteiger partial charge >= 0.3 is 6.18 Å². The number of hydrogen-bond donors (Lipinski definition) is 1. The van der Waals surface area contributed by atoms with Crippen molar-refractivity contribution < 1.29 is 22.6 Å². The third-order valence-corrected chi connectivity index (χ3v) is 4.73. The molecular formula is C17H22F3NO2. The van der Waals surface area contributed by atoms with Gasteiger partial charge in [0.05, 0.1) is 5.56 Å². The van der Waals surface area contributed by atoms with E-state index in [0.29, 0.717) is 30.8 Å². The average Bonchev–Trinajstić information content (AvgIpc) is 3.07. The molecule has 3 rings (SSSR count). The first-order chi connectivity index (χ1) is 11.0. The fourth-order valence-corrected chi connectivity index (χ4v) is 3.48. The van der Waals surface area contributed by atoms with Crippen molar-refractivity contribution in [1.29, 1.82) is 0 Å². The molecule has 2 saturated heterocycles. The van der Waals surface area contributed by atoms with E-state index >= 15 is 0 Å². The van der Waals surface area contributed by atoms with Crippen LogP contribution >= 0.6 is 0 Å². The molecule has 128 valence electrons. The molecule has 2 aliphatic rings. The Kier molecular flexibility index (Phi) is 5.11. The highest BCUT2D eigenvalue weighted by atomic mass is 19.4. The summed E-state index contributed by atoms with van der Waals surface area (Å²) in [6.45, 7) is 3.21. The minimum atomic E-state index is -4.34. The van der Waals surface area contributed by atoms with Crippen LogP contribution in [0.25, 0.3) is 0 Å². The number of hydrogen-bond acceptors (Lipinski definition) is 3. The Morgan fingerprint density at radius 1 is 1.13 bits per heavy atom. The van der Waals surface area contributed by atoms with E-state index in [1.807, 2.05) is 0 Å². The van der Waals surface area contributed by atoms with Gasteiger partial charge in [-0.15, -0.1) is 0 Å². The summed E-state index contributed by atoms with van der Waals surface area (Å²) in [5, 5.41) is 3.32. The molecule has 2 heterocycles. The second-order valence-corrected chi connectivity index (χ2v) is 6.31. The fourth-order valence-electron chi connectivity index (χ4n) is 3.48. The predicted octanol–water partition coefficient (Wildman–Crippen LogP) is 3.49. The van der Waals surface area contributed by atoms with Crippen molar-refractivity contribution >= 4 is 0 Å². The Morgan fingerprint density at radius 3 is 2.57 bits per heavy atom. The van der Waals surface area contributed by atoms with Gasteiger partial charge in [-0.2, -0.15) is 13.2 Å². The van der Waals surface area contributed by atoms with E-state index in [9.17, 15) is 13.2 Å². The molecule has 0 unspecified atom stereocenters. The van der Waals surface area contributed by atoms with Gasteiger partial charge in [-0.3, -0.25) is 0 Å². The maximum atomic E-state index is 12.9. The van der Waals surface area contributed by atoms with Gasteiger partial charge in [0.2, 0.25) is 0 Å². The van der Waals surface area contributed by atoms with Crippen LogP contribution in [0.3, 0.4) is 0 Å². The minimum absolute atomic E-state index is 0.0580. The van der Waals surface area contributed by atoms with Gasteiger partial charge in [-0.1, -0.05) is 6.07 Å². The molecule has 0 spiro atoms. The van der Waals surface area contributed by atoms with Crippen molar-refractivity contribution in [2.75, 3.05) is 26.3 Å². The fraction of sp³-hybridized carbons (Fsp3) is 0.647. The van der Waals surface area contributed by atoms with E-state index in [0.717, 1.165) is 44.5 Å².